The first-order valence-corrected chi connectivity index (χ1v) is 8.54. The topological polar surface area (TPSA) is 99.4 Å². The molecule has 2 aromatic rings. The molecule has 0 saturated heterocycles. The summed E-state index contributed by atoms with van der Waals surface area (Å²) in [6.07, 6.45) is -4.81. The lowest BCUT2D eigenvalue weighted by Crippen LogP contribution is -2.49. The second-order valence-electron chi connectivity index (χ2n) is 6.02. The fraction of sp³-hybridized carbons (Fsp3) is 0.400. The van der Waals surface area contributed by atoms with Gasteiger partial charge >= 0.3 is 0 Å². The lowest BCUT2D eigenvalue weighted by atomic mass is 10.0. The molecule has 0 saturated carbocycles. The summed E-state index contributed by atoms with van der Waals surface area (Å²) in [7, 11) is 0. The molecule has 4 unspecified atom stereocenters. The van der Waals surface area contributed by atoms with Crippen molar-refractivity contribution in [3.05, 3.63) is 71.8 Å². The third kappa shape index (κ3) is 6.17. The van der Waals surface area contributed by atoms with Gasteiger partial charge in [0.15, 0.2) is 0 Å². The molecule has 0 radical (unpaired) electrons. The molecule has 6 nitrogen and oxygen atoms in total. The standard InChI is InChI=1S/C20H26O6/c21-11-17(25-13-15-7-3-1-4-8-15)19(23)20(24)18(12-22)26-14-16-9-5-2-6-10-16/h1-10,17-24H,11-14H2. The Bertz CT molecular complexity index is 551. The van der Waals surface area contributed by atoms with E-state index in [1.54, 1.807) is 0 Å². The summed E-state index contributed by atoms with van der Waals surface area (Å²) in [5, 5.41) is 39.6. The summed E-state index contributed by atoms with van der Waals surface area (Å²) in [6, 6.07) is 18.6. The first kappa shape index (κ1) is 20.5. The highest BCUT2D eigenvalue weighted by atomic mass is 16.5. The van der Waals surface area contributed by atoms with Crippen LogP contribution in [-0.4, -0.2) is 58.1 Å². The van der Waals surface area contributed by atoms with E-state index in [-0.39, 0.29) is 13.2 Å². The molecule has 26 heavy (non-hydrogen) atoms. The zero-order valence-electron chi connectivity index (χ0n) is 14.5. The zero-order chi connectivity index (χ0) is 18.8. The van der Waals surface area contributed by atoms with Gasteiger partial charge in [-0.3, -0.25) is 0 Å². The van der Waals surface area contributed by atoms with Crippen LogP contribution in [0, 0.1) is 0 Å². The maximum absolute atomic E-state index is 10.3. The van der Waals surface area contributed by atoms with Gasteiger partial charge in [0, 0.05) is 0 Å². The molecule has 0 aliphatic carbocycles. The van der Waals surface area contributed by atoms with Crippen molar-refractivity contribution in [3.8, 4) is 0 Å². The van der Waals surface area contributed by atoms with Crippen LogP contribution in [-0.2, 0) is 22.7 Å². The van der Waals surface area contributed by atoms with Gasteiger partial charge in [-0.2, -0.15) is 0 Å². The van der Waals surface area contributed by atoms with E-state index in [2.05, 4.69) is 0 Å². The molecule has 0 aliphatic rings. The number of hydrogen-bond acceptors (Lipinski definition) is 6. The van der Waals surface area contributed by atoms with Crippen molar-refractivity contribution in [2.24, 2.45) is 0 Å². The number of ether oxygens (including phenoxy) is 2. The highest BCUT2D eigenvalue weighted by Crippen LogP contribution is 2.14. The molecule has 0 aromatic heterocycles. The summed E-state index contributed by atoms with van der Waals surface area (Å²) >= 11 is 0. The van der Waals surface area contributed by atoms with E-state index in [9.17, 15) is 20.4 Å². The Morgan fingerprint density at radius 1 is 0.615 bits per heavy atom. The van der Waals surface area contributed by atoms with E-state index in [1.165, 1.54) is 0 Å². The van der Waals surface area contributed by atoms with Crippen molar-refractivity contribution < 1.29 is 29.9 Å². The Balaban J connectivity index is 1.89. The molecule has 2 rings (SSSR count). The van der Waals surface area contributed by atoms with Crippen LogP contribution in [0.25, 0.3) is 0 Å². The van der Waals surface area contributed by atoms with Crippen molar-refractivity contribution in [2.45, 2.75) is 37.6 Å². The smallest absolute Gasteiger partial charge is 0.111 e. The Morgan fingerprint density at radius 2 is 0.962 bits per heavy atom. The SMILES string of the molecule is OCC(OCc1ccccc1)C(O)C(O)C(CO)OCc1ccccc1. The lowest BCUT2D eigenvalue weighted by Gasteiger charge is -2.30. The van der Waals surface area contributed by atoms with Crippen LogP contribution in [0.15, 0.2) is 60.7 Å². The van der Waals surface area contributed by atoms with E-state index >= 15 is 0 Å². The largest absolute Gasteiger partial charge is 0.394 e. The molecule has 142 valence electrons. The van der Waals surface area contributed by atoms with E-state index in [1.807, 2.05) is 60.7 Å². The van der Waals surface area contributed by atoms with Gasteiger partial charge < -0.3 is 29.9 Å². The zero-order valence-corrected chi connectivity index (χ0v) is 14.5. The normalized spacial score (nSPS) is 16.0. The fourth-order valence-corrected chi connectivity index (χ4v) is 2.51. The number of hydrogen-bond donors (Lipinski definition) is 4. The first-order valence-electron chi connectivity index (χ1n) is 8.54. The fourth-order valence-electron chi connectivity index (χ4n) is 2.51. The molecule has 2 aromatic carbocycles. The van der Waals surface area contributed by atoms with Gasteiger partial charge in [-0.15, -0.1) is 0 Å². The van der Waals surface area contributed by atoms with E-state index in [0.717, 1.165) is 11.1 Å². The second-order valence-corrected chi connectivity index (χ2v) is 6.02. The molecule has 0 spiro atoms. The maximum atomic E-state index is 10.3. The van der Waals surface area contributed by atoms with Gasteiger partial charge in [0.05, 0.1) is 26.4 Å². The van der Waals surface area contributed by atoms with Crippen molar-refractivity contribution in [3.63, 3.8) is 0 Å². The van der Waals surface area contributed by atoms with Crippen LogP contribution < -0.4 is 0 Å². The van der Waals surface area contributed by atoms with Crippen molar-refractivity contribution in [2.75, 3.05) is 13.2 Å². The molecule has 0 amide bonds. The highest BCUT2D eigenvalue weighted by Gasteiger charge is 2.33. The lowest BCUT2D eigenvalue weighted by molar-refractivity contribution is -0.159. The van der Waals surface area contributed by atoms with Crippen molar-refractivity contribution >= 4 is 0 Å². The highest BCUT2D eigenvalue weighted by molar-refractivity contribution is 5.14. The van der Waals surface area contributed by atoms with Gasteiger partial charge in [0.2, 0.25) is 0 Å². The minimum absolute atomic E-state index is 0.185. The Morgan fingerprint density at radius 3 is 1.27 bits per heavy atom. The van der Waals surface area contributed by atoms with Crippen LogP contribution in [0.1, 0.15) is 11.1 Å². The van der Waals surface area contributed by atoms with Gasteiger partial charge in [0.1, 0.15) is 24.4 Å². The third-order valence-electron chi connectivity index (χ3n) is 4.09. The van der Waals surface area contributed by atoms with Crippen LogP contribution >= 0.6 is 0 Å². The Kier molecular flexibility index (Phi) is 8.70. The molecule has 0 heterocycles. The predicted octanol–water partition coefficient (Wildman–Crippen LogP) is 0.864. The monoisotopic (exact) mass is 362 g/mol. The number of benzene rings is 2. The van der Waals surface area contributed by atoms with Crippen molar-refractivity contribution in [1.29, 1.82) is 0 Å². The van der Waals surface area contributed by atoms with E-state index in [4.69, 9.17) is 9.47 Å². The van der Waals surface area contributed by atoms with Gasteiger partial charge in [0.25, 0.3) is 0 Å². The Hall–Kier alpha value is -1.80. The second kappa shape index (κ2) is 11.0. The summed E-state index contributed by atoms with van der Waals surface area (Å²) < 4.78 is 11.0. The summed E-state index contributed by atoms with van der Waals surface area (Å²) in [4.78, 5) is 0. The molecule has 0 fully saturated rings. The van der Waals surface area contributed by atoms with Crippen LogP contribution in [0.3, 0.4) is 0 Å². The minimum atomic E-state index is -1.41. The van der Waals surface area contributed by atoms with Gasteiger partial charge in [-0.1, -0.05) is 60.7 Å². The van der Waals surface area contributed by atoms with Crippen LogP contribution in [0.4, 0.5) is 0 Å². The predicted molar refractivity (Wildman–Crippen MR) is 96.2 cm³/mol. The first-order chi connectivity index (χ1) is 12.7. The number of rotatable bonds is 11. The Labute approximate surface area is 153 Å². The molecular weight excluding hydrogens is 336 g/mol. The quantitative estimate of drug-likeness (QED) is 0.473. The molecule has 6 heteroatoms. The molecule has 0 aliphatic heterocycles. The van der Waals surface area contributed by atoms with Crippen molar-refractivity contribution in [1.82, 2.24) is 0 Å². The maximum Gasteiger partial charge on any atom is 0.111 e. The van der Waals surface area contributed by atoms with Crippen LogP contribution in [0.5, 0.6) is 0 Å². The van der Waals surface area contributed by atoms with Crippen LogP contribution in [0.2, 0.25) is 0 Å². The third-order valence-corrected chi connectivity index (χ3v) is 4.09. The van der Waals surface area contributed by atoms with E-state index < -0.39 is 37.6 Å². The number of aliphatic hydroxyl groups is 4. The minimum Gasteiger partial charge on any atom is -0.394 e. The van der Waals surface area contributed by atoms with Gasteiger partial charge in [-0.25, -0.2) is 0 Å². The average Bonchev–Trinajstić information content (AvgIpc) is 2.70. The summed E-state index contributed by atoms with van der Waals surface area (Å²) in [5.41, 5.74) is 1.76. The summed E-state index contributed by atoms with van der Waals surface area (Å²) in [6.45, 7) is -0.571. The summed E-state index contributed by atoms with van der Waals surface area (Å²) in [5.74, 6) is 0. The molecule has 4 atom stereocenters. The average molecular weight is 362 g/mol. The molecule has 0 bridgehead atoms. The van der Waals surface area contributed by atoms with E-state index in [0.29, 0.717) is 0 Å². The molecular formula is C20H26O6. The molecule has 4 N–H and O–H groups in total. The number of aliphatic hydroxyl groups excluding tert-OH is 4. The van der Waals surface area contributed by atoms with Gasteiger partial charge in [-0.05, 0) is 11.1 Å².